The molecule has 0 aliphatic carbocycles. The summed E-state index contributed by atoms with van der Waals surface area (Å²) in [7, 11) is 0. The number of aliphatic hydroxyl groups is 1. The second-order valence-electron chi connectivity index (χ2n) is 4.71. The number of hydrogen-bond donors (Lipinski definition) is 2. The lowest BCUT2D eigenvalue weighted by molar-refractivity contribution is 0.246. The van der Waals surface area contributed by atoms with Gasteiger partial charge in [-0.2, -0.15) is 0 Å². The minimum atomic E-state index is 0.298. The molecule has 0 aliphatic rings. The molecule has 0 heterocycles. The Labute approximate surface area is 105 Å². The molecule has 1 rings (SSSR count). The van der Waals surface area contributed by atoms with Crippen molar-refractivity contribution in [2.24, 2.45) is 5.92 Å². The summed E-state index contributed by atoms with van der Waals surface area (Å²) in [5.74, 6) is 0.594. The van der Waals surface area contributed by atoms with Crippen LogP contribution in [0.2, 0.25) is 0 Å². The Morgan fingerprint density at radius 2 is 1.88 bits per heavy atom. The molecular weight excluding hydrogens is 210 g/mol. The van der Waals surface area contributed by atoms with Gasteiger partial charge >= 0.3 is 0 Å². The van der Waals surface area contributed by atoms with Crippen molar-refractivity contribution in [3.8, 4) is 0 Å². The van der Waals surface area contributed by atoms with Crippen LogP contribution in [0.3, 0.4) is 0 Å². The largest absolute Gasteiger partial charge is 0.396 e. The first kappa shape index (κ1) is 14.2. The molecule has 0 fully saturated rings. The molecule has 2 heteroatoms. The summed E-state index contributed by atoms with van der Waals surface area (Å²) in [5, 5.41) is 12.6. The molecule has 0 bridgehead atoms. The van der Waals surface area contributed by atoms with Crippen molar-refractivity contribution in [2.45, 2.75) is 39.2 Å². The summed E-state index contributed by atoms with van der Waals surface area (Å²) in [4.78, 5) is 0. The zero-order chi connectivity index (χ0) is 12.5. The zero-order valence-corrected chi connectivity index (χ0v) is 11.0. The fourth-order valence-corrected chi connectivity index (χ4v) is 2.14. The summed E-state index contributed by atoms with van der Waals surface area (Å²) in [6, 6.07) is 10.9. The van der Waals surface area contributed by atoms with Gasteiger partial charge in [-0.1, -0.05) is 43.7 Å². The molecule has 0 aliphatic heterocycles. The fourth-order valence-electron chi connectivity index (χ4n) is 2.14. The van der Waals surface area contributed by atoms with Crippen LogP contribution in [0.4, 0.5) is 0 Å². The zero-order valence-electron chi connectivity index (χ0n) is 11.0. The Bertz CT molecular complexity index is 280. The standard InChI is InChI=1S/C15H25NO/c1-3-7-14(10-11-17)12-16-13(2)15-8-5-4-6-9-15/h4-6,8-9,13-14,16-17H,3,7,10-12H2,1-2H3. The van der Waals surface area contributed by atoms with Crippen molar-refractivity contribution in [1.82, 2.24) is 5.32 Å². The Morgan fingerprint density at radius 3 is 2.47 bits per heavy atom. The highest BCUT2D eigenvalue weighted by atomic mass is 16.3. The molecule has 2 N–H and O–H groups in total. The first-order chi connectivity index (χ1) is 8.27. The lowest BCUT2D eigenvalue weighted by atomic mass is 9.99. The average molecular weight is 235 g/mol. The second-order valence-corrected chi connectivity index (χ2v) is 4.71. The van der Waals surface area contributed by atoms with Gasteiger partial charge in [0.1, 0.15) is 0 Å². The Balaban J connectivity index is 2.38. The topological polar surface area (TPSA) is 32.3 Å². The van der Waals surface area contributed by atoms with Gasteiger partial charge in [-0.3, -0.25) is 0 Å². The van der Waals surface area contributed by atoms with Crippen molar-refractivity contribution in [3.05, 3.63) is 35.9 Å². The molecule has 0 aromatic heterocycles. The lowest BCUT2D eigenvalue weighted by Gasteiger charge is -2.20. The van der Waals surface area contributed by atoms with Crippen LogP contribution < -0.4 is 5.32 Å². The van der Waals surface area contributed by atoms with Crippen LogP contribution in [0.15, 0.2) is 30.3 Å². The molecule has 0 saturated heterocycles. The number of hydrogen-bond acceptors (Lipinski definition) is 2. The normalized spacial score (nSPS) is 14.5. The predicted molar refractivity (Wildman–Crippen MR) is 73.0 cm³/mol. The number of benzene rings is 1. The van der Waals surface area contributed by atoms with Crippen LogP contribution >= 0.6 is 0 Å². The summed E-state index contributed by atoms with van der Waals surface area (Å²) < 4.78 is 0. The van der Waals surface area contributed by atoms with E-state index in [-0.39, 0.29) is 0 Å². The highest BCUT2D eigenvalue weighted by molar-refractivity contribution is 5.17. The van der Waals surface area contributed by atoms with Crippen molar-refractivity contribution >= 4 is 0 Å². The smallest absolute Gasteiger partial charge is 0.0434 e. The Hall–Kier alpha value is -0.860. The van der Waals surface area contributed by atoms with Gasteiger partial charge in [0, 0.05) is 12.6 Å². The molecule has 0 spiro atoms. The number of aliphatic hydroxyl groups excluding tert-OH is 1. The molecule has 2 nitrogen and oxygen atoms in total. The van der Waals surface area contributed by atoms with Gasteiger partial charge in [-0.05, 0) is 37.8 Å². The number of nitrogens with one attached hydrogen (secondary N) is 1. The van der Waals surface area contributed by atoms with E-state index in [0.717, 1.165) is 13.0 Å². The molecule has 1 aromatic carbocycles. The first-order valence-electron chi connectivity index (χ1n) is 6.67. The van der Waals surface area contributed by atoms with E-state index in [0.29, 0.717) is 18.6 Å². The van der Waals surface area contributed by atoms with Gasteiger partial charge in [0.05, 0.1) is 0 Å². The molecule has 2 unspecified atom stereocenters. The highest BCUT2D eigenvalue weighted by Gasteiger charge is 2.10. The van der Waals surface area contributed by atoms with E-state index in [1.165, 1.54) is 18.4 Å². The van der Waals surface area contributed by atoms with E-state index in [1.807, 2.05) is 6.07 Å². The SMILES string of the molecule is CCCC(CCO)CNC(C)c1ccccc1. The molecule has 2 atom stereocenters. The maximum absolute atomic E-state index is 9.02. The minimum Gasteiger partial charge on any atom is -0.396 e. The van der Waals surface area contributed by atoms with Gasteiger partial charge < -0.3 is 10.4 Å². The molecule has 17 heavy (non-hydrogen) atoms. The van der Waals surface area contributed by atoms with Crippen LogP contribution in [0, 0.1) is 5.92 Å². The van der Waals surface area contributed by atoms with Gasteiger partial charge in [0.15, 0.2) is 0 Å². The van der Waals surface area contributed by atoms with E-state index in [1.54, 1.807) is 0 Å². The first-order valence-corrected chi connectivity index (χ1v) is 6.67. The van der Waals surface area contributed by atoms with Crippen molar-refractivity contribution in [2.75, 3.05) is 13.2 Å². The molecular formula is C15H25NO. The third-order valence-corrected chi connectivity index (χ3v) is 3.25. The number of rotatable bonds is 8. The second kappa shape index (κ2) is 8.26. The van der Waals surface area contributed by atoms with Crippen LogP contribution in [-0.2, 0) is 0 Å². The van der Waals surface area contributed by atoms with E-state index in [2.05, 4.69) is 43.4 Å². The van der Waals surface area contributed by atoms with Gasteiger partial charge in [0.25, 0.3) is 0 Å². The highest BCUT2D eigenvalue weighted by Crippen LogP contribution is 2.14. The fraction of sp³-hybridized carbons (Fsp3) is 0.600. The molecule has 0 amide bonds. The minimum absolute atomic E-state index is 0.298. The van der Waals surface area contributed by atoms with E-state index in [4.69, 9.17) is 5.11 Å². The average Bonchev–Trinajstić information content (AvgIpc) is 2.37. The van der Waals surface area contributed by atoms with Crippen molar-refractivity contribution in [3.63, 3.8) is 0 Å². The van der Waals surface area contributed by atoms with Gasteiger partial charge in [-0.25, -0.2) is 0 Å². The van der Waals surface area contributed by atoms with Gasteiger partial charge in [-0.15, -0.1) is 0 Å². The maximum atomic E-state index is 9.02. The monoisotopic (exact) mass is 235 g/mol. The van der Waals surface area contributed by atoms with Crippen molar-refractivity contribution in [1.29, 1.82) is 0 Å². The van der Waals surface area contributed by atoms with E-state index >= 15 is 0 Å². The maximum Gasteiger partial charge on any atom is 0.0434 e. The molecule has 0 saturated carbocycles. The van der Waals surface area contributed by atoms with E-state index in [9.17, 15) is 0 Å². The molecule has 0 radical (unpaired) electrons. The van der Waals surface area contributed by atoms with E-state index < -0.39 is 0 Å². The summed E-state index contributed by atoms with van der Waals surface area (Å²) in [6.45, 7) is 5.68. The van der Waals surface area contributed by atoms with Crippen LogP contribution in [0.1, 0.15) is 44.7 Å². The lowest BCUT2D eigenvalue weighted by Crippen LogP contribution is -2.26. The van der Waals surface area contributed by atoms with Crippen LogP contribution in [0.25, 0.3) is 0 Å². The Kier molecular flexibility index (Phi) is 6.90. The Morgan fingerprint density at radius 1 is 1.18 bits per heavy atom. The van der Waals surface area contributed by atoms with Crippen LogP contribution in [-0.4, -0.2) is 18.3 Å². The summed E-state index contributed by atoms with van der Waals surface area (Å²) >= 11 is 0. The third kappa shape index (κ3) is 5.33. The summed E-state index contributed by atoms with van der Waals surface area (Å²) in [5.41, 5.74) is 1.33. The quantitative estimate of drug-likeness (QED) is 0.725. The van der Waals surface area contributed by atoms with Crippen molar-refractivity contribution < 1.29 is 5.11 Å². The van der Waals surface area contributed by atoms with Crippen LogP contribution in [0.5, 0.6) is 0 Å². The predicted octanol–water partition coefficient (Wildman–Crippen LogP) is 3.14. The third-order valence-electron chi connectivity index (χ3n) is 3.25. The van der Waals surface area contributed by atoms with Gasteiger partial charge in [0.2, 0.25) is 0 Å². The molecule has 96 valence electrons. The summed E-state index contributed by atoms with van der Waals surface area (Å²) in [6.07, 6.45) is 3.28. The molecule has 1 aromatic rings.